The summed E-state index contributed by atoms with van der Waals surface area (Å²) in [5, 5.41) is -0.909. The molecule has 0 aliphatic rings. The number of nitrogens with zero attached hydrogens (tertiary/aromatic N) is 1. The molecule has 0 aliphatic carbocycles. The molecule has 1 atom stereocenters. The van der Waals surface area contributed by atoms with E-state index in [1.165, 1.54) is 23.9 Å². The van der Waals surface area contributed by atoms with Crippen LogP contribution in [-0.4, -0.2) is 10.7 Å². The molecule has 21 heavy (non-hydrogen) atoms. The van der Waals surface area contributed by atoms with Crippen LogP contribution in [0.3, 0.4) is 0 Å². The zero-order chi connectivity index (χ0) is 15.5. The second-order valence-corrected chi connectivity index (χ2v) is 6.21. The third-order valence-electron chi connectivity index (χ3n) is 2.52. The number of aromatic nitrogens is 1. The van der Waals surface area contributed by atoms with Crippen molar-refractivity contribution in [2.45, 2.75) is 17.1 Å². The highest BCUT2D eigenvalue weighted by Crippen LogP contribution is 2.35. The molecule has 0 saturated heterocycles. The molecule has 0 radical (unpaired) electrons. The van der Waals surface area contributed by atoms with Gasteiger partial charge in [-0.1, -0.05) is 6.07 Å². The van der Waals surface area contributed by atoms with Crippen LogP contribution in [0.4, 0.5) is 17.6 Å². The zero-order valence-corrected chi connectivity index (χ0v) is 12.2. The van der Waals surface area contributed by atoms with E-state index in [9.17, 15) is 17.6 Å². The first-order valence-electron chi connectivity index (χ1n) is 5.77. The van der Waals surface area contributed by atoms with Gasteiger partial charge in [0.1, 0.15) is 5.82 Å². The molecule has 2 aromatic rings. The van der Waals surface area contributed by atoms with Gasteiger partial charge in [-0.15, -0.1) is 23.1 Å². The lowest BCUT2D eigenvalue weighted by Crippen LogP contribution is -2.29. The summed E-state index contributed by atoms with van der Waals surface area (Å²) in [7, 11) is 0. The minimum atomic E-state index is -4.46. The van der Waals surface area contributed by atoms with Crippen molar-refractivity contribution in [3.63, 3.8) is 0 Å². The van der Waals surface area contributed by atoms with Gasteiger partial charge >= 0.3 is 6.18 Å². The average Bonchev–Trinajstić information content (AvgIpc) is 2.89. The van der Waals surface area contributed by atoms with E-state index in [0.29, 0.717) is 26.9 Å². The highest BCUT2D eigenvalue weighted by Gasteiger charge is 2.35. The molecule has 1 aromatic heterocycles. The standard InChI is InChI=1S/C12H11F4N3S2/c13-7-2-1-3-8(4-7)20-6-9(19-17)10-5-18-11(21-10)12(14,15)16/h1-5,9,19H,6,17H2. The van der Waals surface area contributed by atoms with Crippen LogP contribution in [0.25, 0.3) is 0 Å². The maximum Gasteiger partial charge on any atom is 0.443 e. The molecule has 0 amide bonds. The number of hydrogen-bond donors (Lipinski definition) is 2. The number of hydrazine groups is 1. The molecule has 0 aliphatic heterocycles. The number of nitrogens with one attached hydrogen (secondary N) is 1. The minimum Gasteiger partial charge on any atom is -0.271 e. The molecule has 0 fully saturated rings. The quantitative estimate of drug-likeness (QED) is 0.379. The summed E-state index contributed by atoms with van der Waals surface area (Å²) in [6, 6.07) is 5.46. The van der Waals surface area contributed by atoms with E-state index in [1.54, 1.807) is 12.1 Å². The Morgan fingerprint density at radius 1 is 1.38 bits per heavy atom. The van der Waals surface area contributed by atoms with E-state index in [-0.39, 0.29) is 5.82 Å². The van der Waals surface area contributed by atoms with Crippen LogP contribution >= 0.6 is 23.1 Å². The molecule has 9 heteroatoms. The molecule has 3 N–H and O–H groups in total. The molecule has 0 saturated carbocycles. The Labute approximate surface area is 126 Å². The molecule has 2 rings (SSSR count). The van der Waals surface area contributed by atoms with Crippen LogP contribution in [0.2, 0.25) is 0 Å². The van der Waals surface area contributed by atoms with Gasteiger partial charge in [0.2, 0.25) is 0 Å². The lowest BCUT2D eigenvalue weighted by Gasteiger charge is -2.13. The maximum atomic E-state index is 13.0. The van der Waals surface area contributed by atoms with Gasteiger partial charge in [-0.2, -0.15) is 13.2 Å². The Hall–Kier alpha value is -1.16. The molecule has 1 aromatic carbocycles. The smallest absolute Gasteiger partial charge is 0.271 e. The number of thioether (sulfide) groups is 1. The van der Waals surface area contributed by atoms with Crippen LogP contribution < -0.4 is 11.3 Å². The fourth-order valence-electron chi connectivity index (χ4n) is 1.53. The van der Waals surface area contributed by atoms with Crippen molar-refractivity contribution in [2.24, 2.45) is 5.84 Å². The first-order valence-corrected chi connectivity index (χ1v) is 7.58. The topological polar surface area (TPSA) is 50.9 Å². The van der Waals surface area contributed by atoms with Crippen molar-refractivity contribution in [1.82, 2.24) is 10.4 Å². The van der Waals surface area contributed by atoms with E-state index >= 15 is 0 Å². The number of benzene rings is 1. The van der Waals surface area contributed by atoms with Gasteiger partial charge in [-0.3, -0.25) is 11.3 Å². The predicted octanol–water partition coefficient (Wildman–Crippen LogP) is 3.60. The highest BCUT2D eigenvalue weighted by molar-refractivity contribution is 7.99. The van der Waals surface area contributed by atoms with Gasteiger partial charge in [0.05, 0.1) is 6.04 Å². The van der Waals surface area contributed by atoms with Crippen LogP contribution in [0, 0.1) is 5.82 Å². The Kier molecular flexibility index (Phi) is 5.20. The first kappa shape index (κ1) is 16.2. The number of rotatable bonds is 5. The monoisotopic (exact) mass is 337 g/mol. The number of alkyl halides is 3. The third-order valence-corrected chi connectivity index (χ3v) is 4.77. The van der Waals surface area contributed by atoms with E-state index in [4.69, 9.17) is 5.84 Å². The Morgan fingerprint density at radius 3 is 2.71 bits per heavy atom. The molecule has 0 bridgehead atoms. The van der Waals surface area contributed by atoms with E-state index < -0.39 is 17.2 Å². The summed E-state index contributed by atoms with van der Waals surface area (Å²) in [5.41, 5.74) is 2.46. The maximum absolute atomic E-state index is 13.0. The van der Waals surface area contributed by atoms with Gasteiger partial charge in [0.15, 0.2) is 5.01 Å². The van der Waals surface area contributed by atoms with E-state index in [1.807, 2.05) is 0 Å². The number of halogens is 4. The molecular weight excluding hydrogens is 326 g/mol. The molecule has 114 valence electrons. The largest absolute Gasteiger partial charge is 0.443 e. The number of nitrogens with two attached hydrogens (primary N) is 1. The molecule has 3 nitrogen and oxygen atoms in total. The van der Waals surface area contributed by atoms with Gasteiger partial charge in [-0.05, 0) is 18.2 Å². The van der Waals surface area contributed by atoms with Crippen molar-refractivity contribution in [2.75, 3.05) is 5.75 Å². The summed E-state index contributed by atoms with van der Waals surface area (Å²) in [5.74, 6) is 5.37. The van der Waals surface area contributed by atoms with Crippen molar-refractivity contribution in [3.8, 4) is 0 Å². The summed E-state index contributed by atoms with van der Waals surface area (Å²) >= 11 is 1.84. The second-order valence-electron chi connectivity index (χ2n) is 4.05. The molecule has 1 unspecified atom stereocenters. The number of hydrogen-bond acceptors (Lipinski definition) is 5. The minimum absolute atomic E-state index is 0.361. The van der Waals surface area contributed by atoms with E-state index in [2.05, 4.69) is 10.4 Å². The van der Waals surface area contributed by atoms with Crippen molar-refractivity contribution >= 4 is 23.1 Å². The Morgan fingerprint density at radius 2 is 2.14 bits per heavy atom. The van der Waals surface area contributed by atoms with Crippen molar-refractivity contribution < 1.29 is 17.6 Å². The van der Waals surface area contributed by atoms with Crippen LogP contribution in [0.5, 0.6) is 0 Å². The Bertz CT molecular complexity index is 600. The second kappa shape index (κ2) is 6.73. The van der Waals surface area contributed by atoms with Crippen molar-refractivity contribution in [1.29, 1.82) is 0 Å². The lowest BCUT2D eigenvalue weighted by atomic mass is 10.3. The van der Waals surface area contributed by atoms with Gasteiger partial charge in [-0.25, -0.2) is 9.37 Å². The summed E-state index contributed by atoms with van der Waals surface area (Å²) < 4.78 is 50.6. The van der Waals surface area contributed by atoms with E-state index in [0.717, 1.165) is 6.20 Å². The molecule has 1 heterocycles. The molecule has 0 spiro atoms. The summed E-state index contributed by atoms with van der Waals surface area (Å²) in [6.45, 7) is 0. The predicted molar refractivity (Wildman–Crippen MR) is 74.3 cm³/mol. The van der Waals surface area contributed by atoms with Crippen LogP contribution in [0.15, 0.2) is 35.4 Å². The average molecular weight is 337 g/mol. The van der Waals surface area contributed by atoms with Crippen LogP contribution in [-0.2, 0) is 6.18 Å². The number of thiazole rings is 1. The lowest BCUT2D eigenvalue weighted by molar-refractivity contribution is -0.137. The third kappa shape index (κ3) is 4.40. The fraction of sp³-hybridized carbons (Fsp3) is 0.250. The first-order chi connectivity index (χ1) is 9.90. The Balaban J connectivity index is 2.05. The van der Waals surface area contributed by atoms with Crippen LogP contribution in [0.1, 0.15) is 15.9 Å². The summed E-state index contributed by atoms with van der Waals surface area (Å²) in [6.07, 6.45) is -3.30. The highest BCUT2D eigenvalue weighted by atomic mass is 32.2. The normalized spacial score (nSPS) is 13.4. The fourth-order valence-corrected chi connectivity index (χ4v) is 3.48. The van der Waals surface area contributed by atoms with Gasteiger partial charge in [0, 0.05) is 21.7 Å². The summed E-state index contributed by atoms with van der Waals surface area (Å²) in [4.78, 5) is 4.41. The zero-order valence-electron chi connectivity index (χ0n) is 10.5. The van der Waals surface area contributed by atoms with Crippen molar-refractivity contribution in [3.05, 3.63) is 46.2 Å². The van der Waals surface area contributed by atoms with Gasteiger partial charge in [0.25, 0.3) is 0 Å². The molecular formula is C12H11F4N3S2. The van der Waals surface area contributed by atoms with Gasteiger partial charge < -0.3 is 0 Å². The SMILES string of the molecule is NNC(CSc1cccc(F)c1)c1cnc(C(F)(F)F)s1.